The minimum Gasteiger partial charge on any atom is -0.325 e. The van der Waals surface area contributed by atoms with Crippen LogP contribution >= 0.6 is 15.9 Å². The van der Waals surface area contributed by atoms with Crippen LogP contribution in [0.15, 0.2) is 4.47 Å². The van der Waals surface area contributed by atoms with Crippen LogP contribution in [0, 0.1) is 0 Å². The molecule has 4 heteroatoms. The SMILES string of the molecule is Cn1nc(C2CCCC2)c(Br)c1CN. The average molecular weight is 258 g/mol. The van der Waals surface area contributed by atoms with Gasteiger partial charge in [-0.15, -0.1) is 0 Å². The van der Waals surface area contributed by atoms with E-state index in [1.54, 1.807) is 0 Å². The summed E-state index contributed by atoms with van der Waals surface area (Å²) in [5, 5.41) is 4.55. The monoisotopic (exact) mass is 257 g/mol. The molecule has 78 valence electrons. The third-order valence-corrected chi connectivity index (χ3v) is 3.93. The van der Waals surface area contributed by atoms with E-state index in [9.17, 15) is 0 Å². The topological polar surface area (TPSA) is 43.8 Å². The molecule has 1 saturated carbocycles. The van der Waals surface area contributed by atoms with Gasteiger partial charge in [-0.25, -0.2) is 0 Å². The van der Waals surface area contributed by atoms with E-state index in [2.05, 4.69) is 21.0 Å². The Kier molecular flexibility index (Phi) is 2.93. The first-order valence-corrected chi connectivity index (χ1v) is 5.94. The molecule has 0 saturated heterocycles. The van der Waals surface area contributed by atoms with Crippen molar-refractivity contribution in [3.05, 3.63) is 15.9 Å². The highest BCUT2D eigenvalue weighted by Crippen LogP contribution is 2.37. The van der Waals surface area contributed by atoms with Gasteiger partial charge in [-0.1, -0.05) is 12.8 Å². The summed E-state index contributed by atoms with van der Waals surface area (Å²) in [5.41, 5.74) is 7.99. The van der Waals surface area contributed by atoms with Crippen molar-refractivity contribution in [3.8, 4) is 0 Å². The molecule has 2 rings (SSSR count). The van der Waals surface area contributed by atoms with Gasteiger partial charge in [-0.2, -0.15) is 5.10 Å². The minimum atomic E-state index is 0.552. The lowest BCUT2D eigenvalue weighted by atomic mass is 10.0. The highest BCUT2D eigenvalue weighted by Gasteiger charge is 2.24. The fourth-order valence-electron chi connectivity index (χ4n) is 2.24. The number of aryl methyl sites for hydroxylation is 1. The Labute approximate surface area is 92.8 Å². The lowest BCUT2D eigenvalue weighted by Gasteiger charge is -2.04. The van der Waals surface area contributed by atoms with E-state index in [0.717, 1.165) is 10.2 Å². The van der Waals surface area contributed by atoms with Crippen LogP contribution in [-0.4, -0.2) is 9.78 Å². The van der Waals surface area contributed by atoms with Gasteiger partial charge in [0.25, 0.3) is 0 Å². The van der Waals surface area contributed by atoms with Gasteiger partial charge in [0.05, 0.1) is 15.9 Å². The molecule has 0 unspecified atom stereocenters. The van der Waals surface area contributed by atoms with Crippen LogP contribution < -0.4 is 5.73 Å². The first kappa shape index (κ1) is 10.2. The zero-order valence-electron chi connectivity index (χ0n) is 8.46. The zero-order chi connectivity index (χ0) is 10.1. The zero-order valence-corrected chi connectivity index (χ0v) is 10.0. The van der Waals surface area contributed by atoms with Crippen molar-refractivity contribution in [3.63, 3.8) is 0 Å². The molecule has 14 heavy (non-hydrogen) atoms. The first-order chi connectivity index (χ1) is 6.74. The van der Waals surface area contributed by atoms with Gasteiger partial charge in [-0.3, -0.25) is 4.68 Å². The molecular weight excluding hydrogens is 242 g/mol. The van der Waals surface area contributed by atoms with E-state index in [0.29, 0.717) is 12.5 Å². The van der Waals surface area contributed by atoms with E-state index in [-0.39, 0.29) is 0 Å². The lowest BCUT2D eigenvalue weighted by molar-refractivity contribution is 0.646. The Morgan fingerprint density at radius 1 is 1.50 bits per heavy atom. The smallest absolute Gasteiger partial charge is 0.0800 e. The van der Waals surface area contributed by atoms with Crippen LogP contribution in [-0.2, 0) is 13.6 Å². The minimum absolute atomic E-state index is 0.552. The normalized spacial score (nSPS) is 17.9. The van der Waals surface area contributed by atoms with Crippen LogP contribution in [0.4, 0.5) is 0 Å². The van der Waals surface area contributed by atoms with Gasteiger partial charge in [-0.05, 0) is 28.8 Å². The van der Waals surface area contributed by atoms with Crippen molar-refractivity contribution in [1.29, 1.82) is 0 Å². The summed E-state index contributed by atoms with van der Waals surface area (Å²) < 4.78 is 3.03. The highest BCUT2D eigenvalue weighted by molar-refractivity contribution is 9.10. The van der Waals surface area contributed by atoms with Crippen molar-refractivity contribution in [2.75, 3.05) is 0 Å². The van der Waals surface area contributed by atoms with Gasteiger partial charge in [0.2, 0.25) is 0 Å². The molecule has 1 fully saturated rings. The molecule has 1 aliphatic rings. The largest absolute Gasteiger partial charge is 0.325 e. The highest BCUT2D eigenvalue weighted by atomic mass is 79.9. The Morgan fingerprint density at radius 2 is 2.14 bits per heavy atom. The second kappa shape index (κ2) is 4.03. The van der Waals surface area contributed by atoms with E-state index in [1.807, 2.05) is 11.7 Å². The molecule has 3 nitrogen and oxygen atoms in total. The number of nitrogens with two attached hydrogens (primary N) is 1. The standard InChI is InChI=1S/C10H16BrN3/c1-14-8(6-12)9(11)10(13-14)7-4-2-3-5-7/h7H,2-6,12H2,1H3. The summed E-state index contributed by atoms with van der Waals surface area (Å²) in [5.74, 6) is 0.649. The maximum atomic E-state index is 5.67. The van der Waals surface area contributed by atoms with Crippen molar-refractivity contribution in [1.82, 2.24) is 9.78 Å². The summed E-state index contributed by atoms with van der Waals surface area (Å²) in [7, 11) is 1.96. The third-order valence-electron chi connectivity index (χ3n) is 3.06. The van der Waals surface area contributed by atoms with Gasteiger partial charge in [0, 0.05) is 19.5 Å². The molecule has 0 aromatic carbocycles. The molecule has 0 spiro atoms. The number of rotatable bonds is 2. The average Bonchev–Trinajstić information content (AvgIpc) is 2.74. The fourth-order valence-corrected chi connectivity index (χ4v) is 3.06. The van der Waals surface area contributed by atoms with E-state index in [1.165, 1.54) is 31.4 Å². The molecule has 2 N–H and O–H groups in total. The number of aromatic nitrogens is 2. The Balaban J connectivity index is 2.33. The van der Waals surface area contributed by atoms with Crippen LogP contribution in [0.1, 0.15) is 43.0 Å². The summed E-state index contributed by atoms with van der Waals surface area (Å²) in [6.07, 6.45) is 5.23. The summed E-state index contributed by atoms with van der Waals surface area (Å²) >= 11 is 3.61. The van der Waals surface area contributed by atoms with Crippen molar-refractivity contribution in [2.45, 2.75) is 38.1 Å². The number of hydrogen-bond donors (Lipinski definition) is 1. The quantitative estimate of drug-likeness (QED) is 0.884. The number of halogens is 1. The Morgan fingerprint density at radius 3 is 2.64 bits per heavy atom. The van der Waals surface area contributed by atoms with Crippen molar-refractivity contribution >= 4 is 15.9 Å². The van der Waals surface area contributed by atoms with E-state index in [4.69, 9.17) is 5.73 Å². The van der Waals surface area contributed by atoms with Crippen LogP contribution in [0.2, 0.25) is 0 Å². The molecule has 1 aromatic heterocycles. The van der Waals surface area contributed by atoms with Gasteiger partial charge in [0.15, 0.2) is 0 Å². The molecule has 0 aliphatic heterocycles. The van der Waals surface area contributed by atoms with Crippen LogP contribution in [0.5, 0.6) is 0 Å². The maximum absolute atomic E-state index is 5.67. The number of hydrogen-bond acceptors (Lipinski definition) is 2. The lowest BCUT2D eigenvalue weighted by Crippen LogP contribution is -2.04. The molecule has 1 aliphatic carbocycles. The second-order valence-electron chi connectivity index (χ2n) is 3.96. The van der Waals surface area contributed by atoms with Crippen molar-refractivity contribution in [2.24, 2.45) is 12.8 Å². The molecule has 1 heterocycles. The van der Waals surface area contributed by atoms with E-state index < -0.39 is 0 Å². The van der Waals surface area contributed by atoms with Crippen LogP contribution in [0.3, 0.4) is 0 Å². The summed E-state index contributed by atoms with van der Waals surface area (Å²) in [6.45, 7) is 0.552. The third kappa shape index (κ3) is 1.61. The predicted octanol–water partition coefficient (Wildman–Crippen LogP) is 2.30. The molecule has 0 atom stereocenters. The summed E-state index contributed by atoms with van der Waals surface area (Å²) in [4.78, 5) is 0. The summed E-state index contributed by atoms with van der Waals surface area (Å²) in [6, 6.07) is 0. The second-order valence-corrected chi connectivity index (χ2v) is 4.75. The first-order valence-electron chi connectivity index (χ1n) is 5.15. The number of nitrogens with zero attached hydrogens (tertiary/aromatic N) is 2. The maximum Gasteiger partial charge on any atom is 0.0800 e. The van der Waals surface area contributed by atoms with Gasteiger partial charge in [0.1, 0.15) is 0 Å². The Hall–Kier alpha value is -0.350. The molecule has 1 aromatic rings. The van der Waals surface area contributed by atoms with Gasteiger partial charge < -0.3 is 5.73 Å². The predicted molar refractivity (Wildman–Crippen MR) is 60.0 cm³/mol. The molecular formula is C10H16BrN3. The Bertz CT molecular complexity index is 326. The molecule has 0 bridgehead atoms. The molecule has 0 amide bonds. The van der Waals surface area contributed by atoms with Gasteiger partial charge >= 0.3 is 0 Å². The van der Waals surface area contributed by atoms with E-state index >= 15 is 0 Å². The molecule has 0 radical (unpaired) electrons. The van der Waals surface area contributed by atoms with Crippen LogP contribution in [0.25, 0.3) is 0 Å². The fraction of sp³-hybridized carbons (Fsp3) is 0.700. The van der Waals surface area contributed by atoms with Crippen molar-refractivity contribution < 1.29 is 0 Å².